The maximum Gasteiger partial charge on any atom is 0.423 e. The molecule has 0 spiro atoms. The topological polar surface area (TPSA) is 63.5 Å². The fraction of sp³-hybridized carbons (Fsp3) is 0.650. The van der Waals surface area contributed by atoms with Gasteiger partial charge in [-0.15, -0.1) is 0 Å². The Labute approximate surface area is 169 Å². The summed E-state index contributed by atoms with van der Waals surface area (Å²) in [4.78, 5) is 6.12. The van der Waals surface area contributed by atoms with Crippen LogP contribution in [0.25, 0.3) is 0 Å². The number of alkyl halides is 3. The van der Waals surface area contributed by atoms with E-state index in [1.54, 1.807) is 13.3 Å². The second kappa shape index (κ2) is 8.89. The molecule has 9 heteroatoms. The van der Waals surface area contributed by atoms with Crippen LogP contribution in [0.1, 0.15) is 25.0 Å². The van der Waals surface area contributed by atoms with Crippen LogP contribution in [0.3, 0.4) is 0 Å². The average Bonchev–Trinajstić information content (AvgIpc) is 2.63. The molecule has 1 aromatic rings. The highest BCUT2D eigenvalue weighted by molar-refractivity contribution is 5.65. The van der Waals surface area contributed by atoms with Gasteiger partial charge in [-0.3, -0.25) is 0 Å². The first-order valence-corrected chi connectivity index (χ1v) is 9.34. The number of methoxy groups -OCH3 is 1. The summed E-state index contributed by atoms with van der Waals surface area (Å²) in [5.41, 5.74) is -3.02. The minimum Gasteiger partial charge on any atom is -0.496 e. The van der Waals surface area contributed by atoms with E-state index < -0.39 is 23.9 Å². The van der Waals surface area contributed by atoms with E-state index in [1.807, 2.05) is 25.8 Å². The number of aryl methyl sites for hydroxylation is 1. The molecule has 0 amide bonds. The second-order valence-electron chi connectivity index (χ2n) is 7.81. The summed E-state index contributed by atoms with van der Waals surface area (Å²) in [6, 6.07) is 2.64. The van der Waals surface area contributed by atoms with Gasteiger partial charge >= 0.3 is 6.18 Å². The number of rotatable bonds is 9. The van der Waals surface area contributed by atoms with Gasteiger partial charge in [0.2, 0.25) is 5.60 Å². The van der Waals surface area contributed by atoms with Gasteiger partial charge in [0.05, 0.1) is 45.6 Å². The highest BCUT2D eigenvalue weighted by atomic mass is 19.4. The van der Waals surface area contributed by atoms with Crippen LogP contribution in [0.15, 0.2) is 17.1 Å². The van der Waals surface area contributed by atoms with Crippen LogP contribution >= 0.6 is 0 Å². The molecule has 0 radical (unpaired) electrons. The quantitative estimate of drug-likeness (QED) is 0.492. The van der Waals surface area contributed by atoms with E-state index in [-0.39, 0.29) is 17.8 Å². The number of nitrogens with zero attached hydrogens (tertiary/aromatic N) is 2. The first-order chi connectivity index (χ1) is 13.5. The zero-order valence-corrected chi connectivity index (χ0v) is 17.5. The van der Waals surface area contributed by atoms with E-state index >= 15 is 0 Å². The molecule has 2 rings (SSSR count). The van der Waals surface area contributed by atoms with Gasteiger partial charge in [-0.2, -0.15) is 13.2 Å². The van der Waals surface area contributed by atoms with E-state index in [0.717, 1.165) is 6.54 Å². The highest BCUT2D eigenvalue weighted by Crippen LogP contribution is 2.45. The molecule has 29 heavy (non-hydrogen) atoms. The monoisotopic (exact) mass is 418 g/mol. The van der Waals surface area contributed by atoms with Crippen LogP contribution in [-0.2, 0) is 15.1 Å². The smallest absolute Gasteiger partial charge is 0.423 e. The van der Waals surface area contributed by atoms with Crippen molar-refractivity contribution in [2.24, 2.45) is 10.4 Å². The maximum atomic E-state index is 13.9. The Morgan fingerprint density at radius 2 is 2.00 bits per heavy atom. The standard InChI is InChI=1S/C20H29F3N2O4/c1-6-25(4)13-24-16-8-17(27-5)15(7-14(16)2)19(26,20(21,22)23)12-29-11-18(3)9-28-10-18/h7-8,13,26H,6,9-12H2,1-5H3/b24-13+. The van der Waals surface area contributed by atoms with E-state index in [9.17, 15) is 18.3 Å². The lowest BCUT2D eigenvalue weighted by Crippen LogP contribution is -2.49. The number of ether oxygens (including phenoxy) is 3. The first kappa shape index (κ1) is 23.4. The summed E-state index contributed by atoms with van der Waals surface area (Å²) < 4.78 is 57.3. The summed E-state index contributed by atoms with van der Waals surface area (Å²) in [5, 5.41) is 10.7. The fourth-order valence-corrected chi connectivity index (χ4v) is 2.84. The van der Waals surface area contributed by atoms with Crippen LogP contribution in [-0.4, -0.2) is 69.7 Å². The van der Waals surface area contributed by atoms with Gasteiger partial charge in [-0.1, -0.05) is 6.92 Å². The zero-order valence-electron chi connectivity index (χ0n) is 17.5. The Bertz CT molecular complexity index is 735. The van der Waals surface area contributed by atoms with E-state index in [2.05, 4.69) is 4.99 Å². The molecular formula is C20H29F3N2O4. The third kappa shape index (κ3) is 5.21. The molecule has 1 unspecified atom stereocenters. The number of benzene rings is 1. The molecule has 0 aromatic heterocycles. The zero-order chi connectivity index (χ0) is 21.9. The van der Waals surface area contributed by atoms with Gasteiger partial charge in [0.15, 0.2) is 0 Å². The summed E-state index contributed by atoms with van der Waals surface area (Å²) in [7, 11) is 3.09. The fourth-order valence-electron chi connectivity index (χ4n) is 2.84. The molecule has 1 aliphatic rings. The predicted molar refractivity (Wildman–Crippen MR) is 104 cm³/mol. The average molecular weight is 418 g/mol. The van der Waals surface area contributed by atoms with Crippen LogP contribution in [0.5, 0.6) is 5.75 Å². The number of halogens is 3. The van der Waals surface area contributed by atoms with E-state index in [0.29, 0.717) is 24.5 Å². The summed E-state index contributed by atoms with van der Waals surface area (Å²) in [6.07, 6.45) is -3.38. The van der Waals surface area contributed by atoms with Crippen molar-refractivity contribution in [3.05, 3.63) is 23.3 Å². The lowest BCUT2D eigenvalue weighted by atomic mass is 9.89. The molecule has 1 atom stereocenters. The molecule has 1 aliphatic heterocycles. The minimum atomic E-state index is -4.96. The third-order valence-corrected chi connectivity index (χ3v) is 4.99. The Morgan fingerprint density at radius 3 is 2.48 bits per heavy atom. The molecule has 1 aromatic carbocycles. The van der Waals surface area contributed by atoms with Gasteiger partial charge in [-0.05, 0) is 25.5 Å². The largest absolute Gasteiger partial charge is 0.496 e. The van der Waals surface area contributed by atoms with Crippen LogP contribution < -0.4 is 4.74 Å². The van der Waals surface area contributed by atoms with Gasteiger partial charge in [0.25, 0.3) is 0 Å². The van der Waals surface area contributed by atoms with Crippen molar-refractivity contribution in [3.63, 3.8) is 0 Å². The van der Waals surface area contributed by atoms with Crippen LogP contribution in [0, 0.1) is 12.3 Å². The van der Waals surface area contributed by atoms with Crippen molar-refractivity contribution in [1.82, 2.24) is 4.90 Å². The predicted octanol–water partition coefficient (Wildman–Crippen LogP) is 3.42. The van der Waals surface area contributed by atoms with Gasteiger partial charge in [0.1, 0.15) is 5.75 Å². The molecule has 1 N–H and O–H groups in total. The molecule has 0 saturated carbocycles. The lowest BCUT2D eigenvalue weighted by molar-refractivity contribution is -0.286. The number of aliphatic imine (C=N–C) groups is 1. The van der Waals surface area contributed by atoms with E-state index in [4.69, 9.17) is 14.2 Å². The maximum absolute atomic E-state index is 13.9. The van der Waals surface area contributed by atoms with Crippen LogP contribution in [0.4, 0.5) is 18.9 Å². The molecular weight excluding hydrogens is 389 g/mol. The van der Waals surface area contributed by atoms with Crippen molar-refractivity contribution in [1.29, 1.82) is 0 Å². The number of aliphatic hydroxyl groups is 1. The van der Waals surface area contributed by atoms with E-state index in [1.165, 1.54) is 19.2 Å². The van der Waals surface area contributed by atoms with Crippen molar-refractivity contribution in [2.75, 3.05) is 47.1 Å². The SMILES string of the molecule is CCN(C)/C=N/c1cc(OC)c(C(O)(COCC2(C)COC2)C(F)(F)F)cc1C. The minimum absolute atomic E-state index is 0.0540. The van der Waals surface area contributed by atoms with Crippen molar-refractivity contribution < 1.29 is 32.5 Å². The van der Waals surface area contributed by atoms with Gasteiger partial charge in [-0.25, -0.2) is 4.99 Å². The highest BCUT2D eigenvalue weighted by Gasteiger charge is 2.57. The Morgan fingerprint density at radius 1 is 1.34 bits per heavy atom. The normalized spacial score (nSPS) is 18.4. The van der Waals surface area contributed by atoms with Gasteiger partial charge < -0.3 is 24.2 Å². The Balaban J connectivity index is 2.36. The van der Waals surface area contributed by atoms with Gasteiger partial charge in [0, 0.05) is 30.6 Å². The van der Waals surface area contributed by atoms with Crippen molar-refractivity contribution in [3.8, 4) is 5.75 Å². The summed E-state index contributed by atoms with van der Waals surface area (Å²) >= 11 is 0. The molecule has 1 heterocycles. The molecule has 1 fully saturated rings. The van der Waals surface area contributed by atoms with Crippen molar-refractivity contribution in [2.45, 2.75) is 32.5 Å². The Hall–Kier alpha value is -1.84. The van der Waals surface area contributed by atoms with Crippen molar-refractivity contribution >= 4 is 12.0 Å². The summed E-state index contributed by atoms with van der Waals surface area (Å²) in [5.74, 6) is -0.108. The lowest BCUT2D eigenvalue weighted by Gasteiger charge is -2.39. The Kier molecular flexibility index (Phi) is 7.19. The second-order valence-corrected chi connectivity index (χ2v) is 7.81. The summed E-state index contributed by atoms with van der Waals surface area (Å²) in [6.45, 7) is 6.11. The third-order valence-electron chi connectivity index (χ3n) is 4.99. The first-order valence-electron chi connectivity index (χ1n) is 9.34. The molecule has 164 valence electrons. The molecule has 0 bridgehead atoms. The molecule has 1 saturated heterocycles. The molecule has 0 aliphatic carbocycles. The molecule has 6 nitrogen and oxygen atoms in total. The number of hydrogen-bond acceptors (Lipinski definition) is 5. The van der Waals surface area contributed by atoms with Crippen LogP contribution in [0.2, 0.25) is 0 Å². The number of hydrogen-bond donors (Lipinski definition) is 1.